The van der Waals surface area contributed by atoms with Crippen molar-refractivity contribution in [2.24, 2.45) is 0 Å². The Balaban J connectivity index is 2.18. The number of carbonyl (C=O) groups is 1. The van der Waals surface area contributed by atoms with Gasteiger partial charge in [-0.3, -0.25) is 4.79 Å². The number of rotatable bonds is 3. The van der Waals surface area contributed by atoms with Gasteiger partial charge in [0, 0.05) is 53.8 Å². The van der Waals surface area contributed by atoms with Crippen LogP contribution in [0.25, 0.3) is 27.5 Å². The fourth-order valence-electron chi connectivity index (χ4n) is 4.01. The molecule has 1 N–H and O–H groups in total. The zero-order chi connectivity index (χ0) is 17.9. The fourth-order valence-corrected chi connectivity index (χ4v) is 4.01. The monoisotopic (exact) mass is 334 g/mol. The van der Waals surface area contributed by atoms with Crippen LogP contribution in [0, 0.1) is 0 Å². The number of aromatic nitrogens is 1. The molecule has 2 aromatic carbocycles. The van der Waals surface area contributed by atoms with Crippen LogP contribution in [0.15, 0.2) is 30.8 Å². The summed E-state index contributed by atoms with van der Waals surface area (Å²) < 4.78 is 2.25. The smallest absolute Gasteiger partial charge is 0.163 e. The lowest BCUT2D eigenvalue weighted by Crippen LogP contribution is -2.06. The van der Waals surface area contributed by atoms with Gasteiger partial charge in [-0.15, -0.1) is 0 Å². The molecule has 0 unspecified atom stereocenters. The summed E-state index contributed by atoms with van der Waals surface area (Å²) in [6, 6.07) is 7.86. The predicted molar refractivity (Wildman–Crippen MR) is 102 cm³/mol. The first-order chi connectivity index (χ1) is 11.9. The highest BCUT2D eigenvalue weighted by Gasteiger charge is 2.25. The van der Waals surface area contributed by atoms with Crippen LogP contribution in [0.1, 0.15) is 41.8 Å². The van der Waals surface area contributed by atoms with Crippen molar-refractivity contribution in [1.29, 1.82) is 0 Å². The lowest BCUT2D eigenvalue weighted by atomic mass is 10.00. The standard InChI is InChI=1S/C21H22N2O2/c1-5-8-23-18-7-6-14-12(2)22(4)11-17(14)21(18)16-9-15(13(3)24)20(25)10-19(16)23/h6-7,9-10,25H,2,5,8,11H2,1,3-4H3. The van der Waals surface area contributed by atoms with Gasteiger partial charge < -0.3 is 14.6 Å². The molecular weight excluding hydrogens is 312 g/mol. The number of nitrogens with zero attached hydrogens (tertiary/aromatic N) is 2. The second kappa shape index (κ2) is 5.38. The maximum atomic E-state index is 11.9. The van der Waals surface area contributed by atoms with Gasteiger partial charge in [-0.05, 0) is 31.0 Å². The lowest BCUT2D eigenvalue weighted by molar-refractivity contribution is 0.101. The summed E-state index contributed by atoms with van der Waals surface area (Å²) in [5.74, 6) is -0.0665. The van der Waals surface area contributed by atoms with Gasteiger partial charge in [0.2, 0.25) is 0 Å². The van der Waals surface area contributed by atoms with Crippen molar-refractivity contribution in [3.05, 3.63) is 47.5 Å². The van der Waals surface area contributed by atoms with Crippen molar-refractivity contribution >= 4 is 33.3 Å². The van der Waals surface area contributed by atoms with Crippen LogP contribution in [0.5, 0.6) is 5.75 Å². The van der Waals surface area contributed by atoms with Crippen LogP contribution in [-0.2, 0) is 13.1 Å². The first kappa shape index (κ1) is 15.8. The minimum absolute atomic E-state index is 0.0540. The van der Waals surface area contributed by atoms with Crippen molar-refractivity contribution in [3.8, 4) is 5.75 Å². The molecule has 1 aliphatic heterocycles. The van der Waals surface area contributed by atoms with Gasteiger partial charge in [-0.2, -0.15) is 0 Å². The van der Waals surface area contributed by atoms with E-state index in [-0.39, 0.29) is 11.5 Å². The highest BCUT2D eigenvalue weighted by molar-refractivity contribution is 6.14. The van der Waals surface area contributed by atoms with Gasteiger partial charge in [0.05, 0.1) is 11.1 Å². The van der Waals surface area contributed by atoms with Crippen LogP contribution in [0.2, 0.25) is 0 Å². The molecule has 25 heavy (non-hydrogen) atoms. The van der Waals surface area contributed by atoms with E-state index in [0.29, 0.717) is 5.56 Å². The first-order valence-corrected chi connectivity index (χ1v) is 8.66. The third-order valence-electron chi connectivity index (χ3n) is 5.25. The van der Waals surface area contributed by atoms with Gasteiger partial charge in [0.1, 0.15) is 5.75 Å². The molecule has 0 saturated carbocycles. The third kappa shape index (κ3) is 2.10. The second-order valence-corrected chi connectivity index (χ2v) is 6.88. The molecule has 0 radical (unpaired) electrons. The number of benzene rings is 2. The molecule has 0 atom stereocenters. The number of phenols is 1. The van der Waals surface area contributed by atoms with Gasteiger partial charge >= 0.3 is 0 Å². The van der Waals surface area contributed by atoms with Crippen LogP contribution in [-0.4, -0.2) is 27.4 Å². The van der Waals surface area contributed by atoms with Crippen LogP contribution in [0.3, 0.4) is 0 Å². The molecule has 1 aromatic heterocycles. The van der Waals surface area contributed by atoms with E-state index < -0.39 is 0 Å². The number of aryl methyl sites for hydroxylation is 1. The minimum atomic E-state index is -0.120. The molecule has 0 amide bonds. The van der Waals surface area contributed by atoms with Crippen LogP contribution >= 0.6 is 0 Å². The van der Waals surface area contributed by atoms with Gasteiger partial charge in [0.15, 0.2) is 5.78 Å². The molecular formula is C21H22N2O2. The Kier molecular flexibility index (Phi) is 3.39. The maximum Gasteiger partial charge on any atom is 0.163 e. The number of aromatic hydroxyl groups is 1. The van der Waals surface area contributed by atoms with Gasteiger partial charge in [0.25, 0.3) is 0 Å². The van der Waals surface area contributed by atoms with E-state index in [1.165, 1.54) is 23.4 Å². The van der Waals surface area contributed by atoms with E-state index in [2.05, 4.69) is 35.1 Å². The number of hydrogen-bond acceptors (Lipinski definition) is 3. The largest absolute Gasteiger partial charge is 0.507 e. The summed E-state index contributed by atoms with van der Waals surface area (Å²) in [6.07, 6.45) is 0.998. The molecule has 0 aliphatic carbocycles. The zero-order valence-corrected chi connectivity index (χ0v) is 14.9. The Morgan fingerprint density at radius 2 is 2.04 bits per heavy atom. The Labute approximate surface area is 147 Å². The predicted octanol–water partition coefficient (Wildman–Crippen LogP) is 4.53. The molecule has 4 nitrogen and oxygen atoms in total. The number of Topliss-reactive ketones (excluding diaryl/α,β-unsaturated/α-hetero) is 1. The summed E-state index contributed by atoms with van der Waals surface area (Å²) in [5, 5.41) is 12.5. The second-order valence-electron chi connectivity index (χ2n) is 6.88. The molecule has 0 fully saturated rings. The van der Waals surface area contributed by atoms with Crippen molar-refractivity contribution in [3.63, 3.8) is 0 Å². The summed E-state index contributed by atoms with van der Waals surface area (Å²) in [5.41, 5.74) is 5.96. The van der Waals surface area contributed by atoms with Gasteiger partial charge in [-0.1, -0.05) is 19.6 Å². The minimum Gasteiger partial charge on any atom is -0.507 e. The number of fused-ring (bicyclic) bond motifs is 5. The molecule has 1 aliphatic rings. The van der Waals surface area contributed by atoms with E-state index in [0.717, 1.165) is 41.6 Å². The van der Waals surface area contributed by atoms with Crippen molar-refractivity contribution in [1.82, 2.24) is 9.47 Å². The molecule has 0 saturated heterocycles. The Hall–Kier alpha value is -2.75. The summed E-state index contributed by atoms with van der Waals surface area (Å²) >= 11 is 0. The van der Waals surface area contributed by atoms with Crippen molar-refractivity contribution < 1.29 is 9.90 Å². The summed E-state index contributed by atoms with van der Waals surface area (Å²) in [6.45, 7) is 9.51. The van der Waals surface area contributed by atoms with Crippen LogP contribution in [0.4, 0.5) is 0 Å². The van der Waals surface area contributed by atoms with Crippen molar-refractivity contribution in [2.45, 2.75) is 33.4 Å². The van der Waals surface area contributed by atoms with Gasteiger partial charge in [-0.25, -0.2) is 0 Å². The average Bonchev–Trinajstić information content (AvgIpc) is 3.02. The Bertz CT molecular complexity index is 1060. The van der Waals surface area contributed by atoms with Crippen LogP contribution < -0.4 is 0 Å². The number of hydrogen-bond donors (Lipinski definition) is 1. The quantitative estimate of drug-likeness (QED) is 0.716. The van der Waals surface area contributed by atoms with E-state index in [1.807, 2.05) is 13.1 Å². The Morgan fingerprint density at radius 3 is 2.72 bits per heavy atom. The Morgan fingerprint density at radius 1 is 1.28 bits per heavy atom. The molecule has 4 rings (SSSR count). The number of carbonyl (C=O) groups excluding carboxylic acids is 1. The normalized spacial score (nSPS) is 13.9. The molecule has 4 heteroatoms. The van der Waals surface area contributed by atoms with Crippen molar-refractivity contribution in [2.75, 3.05) is 7.05 Å². The average molecular weight is 334 g/mol. The maximum absolute atomic E-state index is 11.9. The molecule has 0 spiro atoms. The highest BCUT2D eigenvalue weighted by Crippen LogP contribution is 2.41. The summed E-state index contributed by atoms with van der Waals surface area (Å²) in [7, 11) is 2.05. The van der Waals surface area contributed by atoms with E-state index in [1.54, 1.807) is 6.07 Å². The SMILES string of the molecule is C=C1c2ccc3c(c2CN1C)c1cc(C(C)=O)c(O)cc1n3CCC. The number of phenolic OH excluding ortho intramolecular Hbond substituents is 1. The number of ketones is 1. The highest BCUT2D eigenvalue weighted by atomic mass is 16.3. The molecule has 3 aromatic rings. The topological polar surface area (TPSA) is 45.5 Å². The molecule has 0 bridgehead atoms. The lowest BCUT2D eigenvalue weighted by Gasteiger charge is -2.10. The van der Waals surface area contributed by atoms with E-state index >= 15 is 0 Å². The fraction of sp³-hybridized carbons (Fsp3) is 0.286. The first-order valence-electron chi connectivity index (χ1n) is 8.66. The van der Waals surface area contributed by atoms with E-state index in [9.17, 15) is 9.90 Å². The molecule has 128 valence electrons. The zero-order valence-electron chi connectivity index (χ0n) is 14.9. The third-order valence-corrected chi connectivity index (χ3v) is 5.25. The van der Waals surface area contributed by atoms with E-state index in [4.69, 9.17) is 0 Å². The molecule has 2 heterocycles. The summed E-state index contributed by atoms with van der Waals surface area (Å²) in [4.78, 5) is 14.1.